The molecule has 2 aromatic carbocycles. The van der Waals surface area contributed by atoms with E-state index in [-0.39, 0.29) is 17.1 Å². The highest BCUT2D eigenvalue weighted by Crippen LogP contribution is 2.33. The van der Waals surface area contributed by atoms with E-state index in [0.29, 0.717) is 5.02 Å². The number of nitrogens with one attached hydrogen (secondary N) is 2. The minimum Gasteiger partial charge on any atom is -0.350 e. The van der Waals surface area contributed by atoms with E-state index < -0.39 is 35.7 Å². The van der Waals surface area contributed by atoms with Crippen LogP contribution in [0, 0.1) is 5.82 Å². The Kier molecular flexibility index (Phi) is 5.58. The molecule has 2 N–H and O–H groups in total. The van der Waals surface area contributed by atoms with E-state index in [1.54, 1.807) is 24.3 Å². The van der Waals surface area contributed by atoms with Gasteiger partial charge < -0.3 is 10.6 Å². The third kappa shape index (κ3) is 3.95. The average molecular weight is 424 g/mol. The van der Waals surface area contributed by atoms with Crippen molar-refractivity contribution in [2.45, 2.75) is 19.0 Å². The van der Waals surface area contributed by atoms with E-state index in [4.69, 9.17) is 23.2 Å². The van der Waals surface area contributed by atoms with Gasteiger partial charge in [-0.3, -0.25) is 14.5 Å². The van der Waals surface area contributed by atoms with E-state index in [1.807, 2.05) is 0 Å². The molecule has 0 bridgehead atoms. The van der Waals surface area contributed by atoms with E-state index in [2.05, 4.69) is 10.6 Å². The molecule has 0 aliphatic carbocycles. The van der Waals surface area contributed by atoms with Crippen LogP contribution in [-0.2, 0) is 21.7 Å². The lowest BCUT2D eigenvalue weighted by molar-refractivity contribution is -0.134. The molecule has 2 aromatic rings. The number of hydrogen-bond donors (Lipinski definition) is 2. The first-order chi connectivity index (χ1) is 13.2. The van der Waals surface area contributed by atoms with Crippen LogP contribution < -0.4 is 10.6 Å². The third-order valence-corrected chi connectivity index (χ3v) is 5.01. The van der Waals surface area contributed by atoms with Gasteiger partial charge in [-0.1, -0.05) is 41.4 Å². The number of halogens is 3. The zero-order valence-corrected chi connectivity index (χ0v) is 16.3. The molecule has 1 heterocycles. The van der Waals surface area contributed by atoms with Crippen molar-refractivity contribution in [3.63, 3.8) is 0 Å². The van der Waals surface area contributed by atoms with E-state index >= 15 is 0 Å². The molecule has 1 atom stereocenters. The molecular formula is C19H16Cl2FN3O3. The van der Waals surface area contributed by atoms with Gasteiger partial charge >= 0.3 is 6.03 Å². The standard InChI is InChI=1S/C19H16Cl2FN3O3/c1-19(14-7-6-13(22)8-15(14)21)17(27)25(18(28)24-19)10-16(26)23-9-11-2-4-12(20)5-3-11/h2-8H,9-10H2,1H3,(H,23,26)(H,24,28). The van der Waals surface area contributed by atoms with Crippen molar-refractivity contribution in [3.8, 4) is 0 Å². The second-order valence-electron chi connectivity index (χ2n) is 6.47. The van der Waals surface area contributed by atoms with Crippen LogP contribution in [0.25, 0.3) is 0 Å². The van der Waals surface area contributed by atoms with E-state index in [0.717, 1.165) is 22.6 Å². The van der Waals surface area contributed by atoms with Gasteiger partial charge in [-0.05, 0) is 36.8 Å². The van der Waals surface area contributed by atoms with Gasteiger partial charge in [0.25, 0.3) is 5.91 Å². The lowest BCUT2D eigenvalue weighted by Crippen LogP contribution is -2.43. The summed E-state index contributed by atoms with van der Waals surface area (Å²) in [6, 6.07) is 9.70. The minimum absolute atomic E-state index is 0.00481. The summed E-state index contributed by atoms with van der Waals surface area (Å²) >= 11 is 11.9. The van der Waals surface area contributed by atoms with Crippen molar-refractivity contribution >= 4 is 41.0 Å². The van der Waals surface area contributed by atoms with Crippen molar-refractivity contribution in [1.29, 1.82) is 0 Å². The van der Waals surface area contributed by atoms with Gasteiger partial charge in [-0.2, -0.15) is 0 Å². The summed E-state index contributed by atoms with van der Waals surface area (Å²) in [5.74, 6) is -1.71. The first-order valence-corrected chi connectivity index (χ1v) is 9.07. The molecule has 0 radical (unpaired) electrons. The summed E-state index contributed by atoms with van der Waals surface area (Å²) < 4.78 is 13.3. The van der Waals surface area contributed by atoms with E-state index in [9.17, 15) is 18.8 Å². The number of nitrogens with zero attached hydrogens (tertiary/aromatic N) is 1. The first-order valence-electron chi connectivity index (χ1n) is 8.31. The van der Waals surface area contributed by atoms with Gasteiger partial charge in [0, 0.05) is 22.2 Å². The molecule has 0 aromatic heterocycles. The molecule has 4 amide bonds. The molecule has 6 nitrogen and oxygen atoms in total. The highest BCUT2D eigenvalue weighted by Gasteiger charge is 2.50. The number of amides is 4. The molecule has 28 heavy (non-hydrogen) atoms. The van der Waals surface area contributed by atoms with Gasteiger partial charge in [-0.25, -0.2) is 9.18 Å². The zero-order chi connectivity index (χ0) is 20.5. The summed E-state index contributed by atoms with van der Waals surface area (Å²) in [5.41, 5.74) is -0.422. The number of urea groups is 1. The molecule has 146 valence electrons. The Morgan fingerprint density at radius 3 is 2.50 bits per heavy atom. The summed E-state index contributed by atoms with van der Waals surface area (Å²) in [7, 11) is 0. The van der Waals surface area contributed by atoms with Gasteiger partial charge in [0.05, 0.1) is 0 Å². The molecular weight excluding hydrogens is 408 g/mol. The fraction of sp³-hybridized carbons (Fsp3) is 0.211. The maximum Gasteiger partial charge on any atom is 0.325 e. The summed E-state index contributed by atoms with van der Waals surface area (Å²) in [6.07, 6.45) is 0. The van der Waals surface area contributed by atoms with Crippen LogP contribution >= 0.6 is 23.2 Å². The topological polar surface area (TPSA) is 78.5 Å². The average Bonchev–Trinajstić information content (AvgIpc) is 2.85. The Morgan fingerprint density at radius 2 is 1.86 bits per heavy atom. The fourth-order valence-electron chi connectivity index (χ4n) is 2.92. The first kappa shape index (κ1) is 20.1. The zero-order valence-electron chi connectivity index (χ0n) is 14.8. The second kappa shape index (κ2) is 7.77. The molecule has 1 saturated heterocycles. The van der Waals surface area contributed by atoms with Gasteiger partial charge in [0.1, 0.15) is 17.9 Å². The summed E-state index contributed by atoms with van der Waals surface area (Å²) in [6.45, 7) is 1.23. The van der Waals surface area contributed by atoms with Crippen molar-refractivity contribution in [2.75, 3.05) is 6.54 Å². The number of hydrogen-bond acceptors (Lipinski definition) is 3. The Bertz CT molecular complexity index is 952. The Balaban J connectivity index is 1.69. The van der Waals surface area contributed by atoms with Crippen molar-refractivity contribution in [2.24, 2.45) is 0 Å². The molecule has 3 rings (SSSR count). The largest absolute Gasteiger partial charge is 0.350 e. The monoisotopic (exact) mass is 423 g/mol. The number of carbonyl (C=O) groups excluding carboxylic acids is 3. The lowest BCUT2D eigenvalue weighted by atomic mass is 9.92. The molecule has 1 aliphatic rings. The fourth-order valence-corrected chi connectivity index (χ4v) is 3.40. The van der Waals surface area contributed by atoms with Crippen LogP contribution in [-0.4, -0.2) is 29.3 Å². The number of imide groups is 1. The molecule has 0 spiro atoms. The van der Waals surface area contributed by atoms with Crippen LogP contribution in [0.3, 0.4) is 0 Å². The Morgan fingerprint density at radius 1 is 1.18 bits per heavy atom. The van der Waals surface area contributed by atoms with Crippen LogP contribution in [0.5, 0.6) is 0 Å². The maximum absolute atomic E-state index is 13.3. The van der Waals surface area contributed by atoms with Gasteiger partial charge in [0.2, 0.25) is 5.91 Å². The summed E-state index contributed by atoms with van der Waals surface area (Å²) in [4.78, 5) is 38.1. The van der Waals surface area contributed by atoms with E-state index in [1.165, 1.54) is 13.0 Å². The lowest BCUT2D eigenvalue weighted by Gasteiger charge is -2.23. The van der Waals surface area contributed by atoms with Crippen molar-refractivity contribution < 1.29 is 18.8 Å². The predicted molar refractivity (Wildman–Crippen MR) is 102 cm³/mol. The van der Waals surface area contributed by atoms with Crippen molar-refractivity contribution in [3.05, 3.63) is 69.5 Å². The Labute approximate surface area is 170 Å². The molecule has 0 saturated carbocycles. The molecule has 1 fully saturated rings. The third-order valence-electron chi connectivity index (χ3n) is 4.45. The number of rotatable bonds is 5. The summed E-state index contributed by atoms with van der Waals surface area (Å²) in [5, 5.41) is 5.75. The second-order valence-corrected chi connectivity index (χ2v) is 7.32. The predicted octanol–water partition coefficient (Wildman–Crippen LogP) is 3.22. The van der Waals surface area contributed by atoms with Crippen molar-refractivity contribution in [1.82, 2.24) is 15.5 Å². The van der Waals surface area contributed by atoms with Gasteiger partial charge in [-0.15, -0.1) is 0 Å². The highest BCUT2D eigenvalue weighted by atomic mass is 35.5. The maximum atomic E-state index is 13.3. The number of benzene rings is 2. The van der Waals surface area contributed by atoms with Crippen LogP contribution in [0.1, 0.15) is 18.1 Å². The van der Waals surface area contributed by atoms with Crippen LogP contribution in [0.2, 0.25) is 10.0 Å². The number of carbonyl (C=O) groups is 3. The van der Waals surface area contributed by atoms with Gasteiger partial charge in [0.15, 0.2) is 0 Å². The SMILES string of the molecule is CC1(c2ccc(F)cc2Cl)NC(=O)N(CC(=O)NCc2ccc(Cl)cc2)C1=O. The van der Waals surface area contributed by atoms with Crippen LogP contribution in [0.15, 0.2) is 42.5 Å². The molecule has 1 unspecified atom stereocenters. The molecule has 9 heteroatoms. The molecule has 1 aliphatic heterocycles. The van der Waals surface area contributed by atoms with Crippen LogP contribution in [0.4, 0.5) is 9.18 Å². The minimum atomic E-state index is -1.49. The Hall–Kier alpha value is -2.64. The smallest absolute Gasteiger partial charge is 0.325 e. The highest BCUT2D eigenvalue weighted by molar-refractivity contribution is 6.32. The normalized spacial score (nSPS) is 18.9. The quantitative estimate of drug-likeness (QED) is 0.724.